The monoisotopic (exact) mass is 376 g/mol. The summed E-state index contributed by atoms with van der Waals surface area (Å²) in [6, 6.07) is 8.09. The lowest BCUT2D eigenvalue weighted by Crippen LogP contribution is -2.03. The first-order valence-corrected chi connectivity index (χ1v) is 7.06. The second-order valence-corrected chi connectivity index (χ2v) is 5.86. The molecule has 0 amide bonds. The van der Waals surface area contributed by atoms with E-state index in [9.17, 15) is 5.11 Å². The zero-order valence-electron chi connectivity index (χ0n) is 10.2. The molecule has 0 spiro atoms. The highest BCUT2D eigenvalue weighted by molar-refractivity contribution is 14.1. The van der Waals surface area contributed by atoms with Gasteiger partial charge in [0.25, 0.3) is 0 Å². The number of halogens is 2. The van der Waals surface area contributed by atoms with Gasteiger partial charge in [-0.25, -0.2) is 0 Å². The van der Waals surface area contributed by atoms with Crippen molar-refractivity contribution in [3.8, 4) is 0 Å². The number of aryl methyl sites for hydroxylation is 2. The summed E-state index contributed by atoms with van der Waals surface area (Å²) in [5.41, 5.74) is 2.58. The number of aromatic nitrogens is 2. The van der Waals surface area contributed by atoms with E-state index in [1.807, 2.05) is 31.2 Å². The molecule has 0 aliphatic rings. The normalized spacial score (nSPS) is 12.7. The van der Waals surface area contributed by atoms with Crippen molar-refractivity contribution >= 4 is 34.2 Å². The molecule has 5 heteroatoms. The fourth-order valence-corrected chi connectivity index (χ4v) is 2.63. The van der Waals surface area contributed by atoms with Gasteiger partial charge in [-0.05, 0) is 47.2 Å². The molecule has 18 heavy (non-hydrogen) atoms. The highest BCUT2D eigenvalue weighted by Gasteiger charge is 2.19. The van der Waals surface area contributed by atoms with Crippen LogP contribution in [0.2, 0.25) is 5.15 Å². The van der Waals surface area contributed by atoms with Crippen molar-refractivity contribution < 1.29 is 5.11 Å². The van der Waals surface area contributed by atoms with Gasteiger partial charge in [-0.2, -0.15) is 5.10 Å². The number of hydrogen-bond acceptors (Lipinski definition) is 2. The van der Waals surface area contributed by atoms with E-state index in [1.165, 1.54) is 3.57 Å². The Morgan fingerprint density at radius 1 is 1.39 bits per heavy atom. The molecule has 2 aromatic rings. The molecule has 0 saturated heterocycles. The molecule has 0 aliphatic carbocycles. The lowest BCUT2D eigenvalue weighted by molar-refractivity contribution is 0.178. The first-order valence-electron chi connectivity index (χ1n) is 5.60. The molecule has 0 fully saturated rings. The van der Waals surface area contributed by atoms with Crippen LogP contribution in [0, 0.1) is 10.5 Å². The van der Waals surface area contributed by atoms with Gasteiger partial charge >= 0.3 is 0 Å². The zero-order valence-corrected chi connectivity index (χ0v) is 13.1. The maximum Gasteiger partial charge on any atom is 0.132 e. The molecule has 1 heterocycles. The van der Waals surface area contributed by atoms with Crippen molar-refractivity contribution in [1.82, 2.24) is 9.78 Å². The molecule has 1 N–H and O–H groups in total. The van der Waals surface area contributed by atoms with Crippen LogP contribution in [0.4, 0.5) is 0 Å². The number of hydrogen-bond donors (Lipinski definition) is 1. The summed E-state index contributed by atoms with van der Waals surface area (Å²) >= 11 is 8.40. The molecular weight excluding hydrogens is 363 g/mol. The Kier molecular flexibility index (Phi) is 4.29. The smallest absolute Gasteiger partial charge is 0.132 e. The van der Waals surface area contributed by atoms with Crippen molar-refractivity contribution in [2.75, 3.05) is 0 Å². The second kappa shape index (κ2) is 5.59. The van der Waals surface area contributed by atoms with Crippen LogP contribution in [0.15, 0.2) is 24.3 Å². The predicted octanol–water partition coefficient (Wildman–Crippen LogP) is 3.26. The van der Waals surface area contributed by atoms with Crippen LogP contribution in [-0.2, 0) is 13.5 Å². The maximum absolute atomic E-state index is 10.3. The average molecular weight is 377 g/mol. The van der Waals surface area contributed by atoms with Crippen molar-refractivity contribution in [3.05, 3.63) is 49.8 Å². The molecule has 2 rings (SSSR count). The molecule has 1 aromatic heterocycles. The van der Waals surface area contributed by atoms with E-state index in [-0.39, 0.29) is 0 Å². The Morgan fingerprint density at radius 2 is 2.00 bits per heavy atom. The lowest BCUT2D eigenvalue weighted by atomic mass is 10.0. The molecule has 1 unspecified atom stereocenters. The van der Waals surface area contributed by atoms with E-state index in [1.54, 1.807) is 11.7 Å². The molecule has 96 valence electrons. The summed E-state index contributed by atoms with van der Waals surface area (Å²) in [5, 5.41) is 15.0. The number of rotatable bonds is 3. The standard InChI is InChI=1S/C13H14ClIN2O/c1-8-12(13(14)17(2)16-8)11(18)7-9-3-5-10(15)6-4-9/h3-6,11,18H,7H2,1-2H3. The topological polar surface area (TPSA) is 38.0 Å². The quantitative estimate of drug-likeness (QED) is 0.835. The second-order valence-electron chi connectivity index (χ2n) is 4.26. The lowest BCUT2D eigenvalue weighted by Gasteiger charge is -2.11. The van der Waals surface area contributed by atoms with Crippen LogP contribution in [-0.4, -0.2) is 14.9 Å². The van der Waals surface area contributed by atoms with Gasteiger partial charge in [-0.1, -0.05) is 23.7 Å². The Balaban J connectivity index is 2.21. The third-order valence-corrected chi connectivity index (χ3v) is 4.04. The Hall–Kier alpha value is -0.590. The van der Waals surface area contributed by atoms with E-state index in [0.29, 0.717) is 11.6 Å². The van der Waals surface area contributed by atoms with E-state index in [2.05, 4.69) is 27.7 Å². The van der Waals surface area contributed by atoms with Crippen molar-refractivity contribution in [2.24, 2.45) is 7.05 Å². The van der Waals surface area contributed by atoms with Crippen LogP contribution >= 0.6 is 34.2 Å². The van der Waals surface area contributed by atoms with Gasteiger partial charge in [0.15, 0.2) is 0 Å². The highest BCUT2D eigenvalue weighted by atomic mass is 127. The Morgan fingerprint density at radius 3 is 2.50 bits per heavy atom. The van der Waals surface area contributed by atoms with E-state index in [0.717, 1.165) is 16.8 Å². The van der Waals surface area contributed by atoms with Crippen LogP contribution in [0.3, 0.4) is 0 Å². The molecule has 0 bridgehead atoms. The van der Waals surface area contributed by atoms with Gasteiger partial charge in [0, 0.05) is 22.6 Å². The van der Waals surface area contributed by atoms with Crippen molar-refractivity contribution in [2.45, 2.75) is 19.4 Å². The molecule has 0 radical (unpaired) electrons. The summed E-state index contributed by atoms with van der Waals surface area (Å²) in [6.07, 6.45) is -0.0744. The third kappa shape index (κ3) is 2.87. The van der Waals surface area contributed by atoms with Gasteiger partial charge in [0.05, 0.1) is 11.8 Å². The molecular formula is C13H14ClIN2O. The molecule has 1 atom stereocenters. The van der Waals surface area contributed by atoms with Crippen LogP contribution < -0.4 is 0 Å². The van der Waals surface area contributed by atoms with Gasteiger partial charge in [-0.3, -0.25) is 4.68 Å². The van der Waals surface area contributed by atoms with Crippen LogP contribution in [0.1, 0.15) is 22.9 Å². The van der Waals surface area contributed by atoms with E-state index in [4.69, 9.17) is 11.6 Å². The number of benzene rings is 1. The number of aliphatic hydroxyl groups is 1. The summed E-state index contributed by atoms with van der Waals surface area (Å²) in [7, 11) is 1.77. The first kappa shape index (κ1) is 13.8. The first-order chi connectivity index (χ1) is 8.49. The summed E-state index contributed by atoms with van der Waals surface area (Å²) in [5.74, 6) is 0. The third-order valence-electron chi connectivity index (χ3n) is 2.87. The maximum atomic E-state index is 10.3. The fraction of sp³-hybridized carbons (Fsp3) is 0.308. The van der Waals surface area contributed by atoms with E-state index >= 15 is 0 Å². The zero-order chi connectivity index (χ0) is 13.3. The largest absolute Gasteiger partial charge is 0.388 e. The van der Waals surface area contributed by atoms with Crippen LogP contribution in [0.5, 0.6) is 0 Å². The summed E-state index contributed by atoms with van der Waals surface area (Å²) in [4.78, 5) is 0. The molecule has 0 aliphatic heterocycles. The molecule has 3 nitrogen and oxygen atoms in total. The SMILES string of the molecule is Cc1nn(C)c(Cl)c1C(O)Cc1ccc(I)cc1. The molecule has 1 aromatic carbocycles. The predicted molar refractivity (Wildman–Crippen MR) is 80.8 cm³/mol. The minimum Gasteiger partial charge on any atom is -0.388 e. The van der Waals surface area contributed by atoms with Gasteiger partial charge in [-0.15, -0.1) is 0 Å². The van der Waals surface area contributed by atoms with Gasteiger partial charge < -0.3 is 5.11 Å². The Bertz CT molecular complexity index is 551. The summed E-state index contributed by atoms with van der Waals surface area (Å²) < 4.78 is 2.77. The number of nitrogens with zero attached hydrogens (tertiary/aromatic N) is 2. The van der Waals surface area contributed by atoms with Crippen molar-refractivity contribution in [1.29, 1.82) is 0 Å². The number of aliphatic hydroxyl groups excluding tert-OH is 1. The minimum atomic E-state index is -0.619. The van der Waals surface area contributed by atoms with Gasteiger partial charge in [0.1, 0.15) is 5.15 Å². The summed E-state index contributed by atoms with van der Waals surface area (Å²) in [6.45, 7) is 1.86. The Labute approximate surface area is 125 Å². The average Bonchev–Trinajstić information content (AvgIpc) is 2.56. The van der Waals surface area contributed by atoms with Crippen LogP contribution in [0.25, 0.3) is 0 Å². The minimum absolute atomic E-state index is 0.505. The van der Waals surface area contributed by atoms with Crippen molar-refractivity contribution in [3.63, 3.8) is 0 Å². The van der Waals surface area contributed by atoms with E-state index < -0.39 is 6.10 Å². The van der Waals surface area contributed by atoms with Gasteiger partial charge in [0.2, 0.25) is 0 Å². The molecule has 0 saturated carbocycles. The highest BCUT2D eigenvalue weighted by Crippen LogP contribution is 2.28. The fourth-order valence-electron chi connectivity index (χ4n) is 1.97.